The summed E-state index contributed by atoms with van der Waals surface area (Å²) in [5.41, 5.74) is 3.38. The lowest BCUT2D eigenvalue weighted by atomic mass is 9.60. The Morgan fingerprint density at radius 3 is 2.63 bits per heavy atom. The zero-order valence-electron chi connectivity index (χ0n) is 20.4. The summed E-state index contributed by atoms with van der Waals surface area (Å²) in [5.74, 6) is 0.641. The summed E-state index contributed by atoms with van der Waals surface area (Å²) in [6.07, 6.45) is 4.00. The lowest BCUT2D eigenvalue weighted by Gasteiger charge is -2.47. The summed E-state index contributed by atoms with van der Waals surface area (Å²) in [6.45, 7) is 6.72. The van der Waals surface area contributed by atoms with Crippen molar-refractivity contribution in [3.8, 4) is 11.3 Å². The Balaban J connectivity index is 1.28. The van der Waals surface area contributed by atoms with Gasteiger partial charge < -0.3 is 15.5 Å². The van der Waals surface area contributed by atoms with Gasteiger partial charge in [-0.25, -0.2) is 4.39 Å². The maximum atomic E-state index is 14.6. The number of aromatic nitrogens is 3. The van der Waals surface area contributed by atoms with Crippen LogP contribution >= 0.6 is 0 Å². The second-order valence-electron chi connectivity index (χ2n) is 10.2. The zero-order chi connectivity index (χ0) is 24.6. The van der Waals surface area contributed by atoms with Crippen molar-refractivity contribution in [3.05, 3.63) is 71.3 Å². The second-order valence-corrected chi connectivity index (χ2v) is 10.2. The summed E-state index contributed by atoms with van der Waals surface area (Å²) < 4.78 is 14.6. The quantitative estimate of drug-likeness (QED) is 0.542. The number of pyridine rings is 1. The molecule has 3 aromatic rings. The lowest BCUT2D eigenvalue weighted by Crippen LogP contribution is -2.57. The average molecular weight is 475 g/mol. The van der Waals surface area contributed by atoms with Gasteiger partial charge in [0.1, 0.15) is 11.6 Å². The second kappa shape index (κ2) is 9.34. The summed E-state index contributed by atoms with van der Waals surface area (Å²) in [4.78, 5) is 19.4. The van der Waals surface area contributed by atoms with Gasteiger partial charge in [-0.1, -0.05) is 13.0 Å². The Kier molecular flexibility index (Phi) is 6.23. The minimum atomic E-state index is -0.437. The monoisotopic (exact) mass is 474 g/mol. The number of anilines is 1. The van der Waals surface area contributed by atoms with Crippen LogP contribution in [0.5, 0.6) is 0 Å². The van der Waals surface area contributed by atoms with Crippen LogP contribution in [-0.2, 0) is 5.41 Å². The number of rotatable bonds is 7. The Hall–Kier alpha value is -3.39. The van der Waals surface area contributed by atoms with Crippen molar-refractivity contribution in [1.82, 2.24) is 25.4 Å². The third-order valence-corrected chi connectivity index (χ3v) is 7.17. The fourth-order valence-electron chi connectivity index (χ4n) is 5.49. The van der Waals surface area contributed by atoms with Crippen molar-refractivity contribution in [1.29, 1.82) is 0 Å². The van der Waals surface area contributed by atoms with Crippen LogP contribution in [0.25, 0.3) is 11.3 Å². The van der Waals surface area contributed by atoms with E-state index in [1.165, 1.54) is 17.7 Å². The van der Waals surface area contributed by atoms with Gasteiger partial charge in [-0.3, -0.25) is 9.78 Å². The fourth-order valence-corrected chi connectivity index (χ4v) is 5.49. The van der Waals surface area contributed by atoms with Gasteiger partial charge in [0.2, 0.25) is 0 Å². The molecule has 1 aliphatic heterocycles. The number of halogens is 1. The third-order valence-electron chi connectivity index (χ3n) is 7.17. The summed E-state index contributed by atoms with van der Waals surface area (Å²) in [7, 11) is 2.00. The summed E-state index contributed by atoms with van der Waals surface area (Å²) in [6, 6.07) is 12.1. The molecule has 0 atom stereocenters. The Bertz CT molecular complexity index is 1220. The average Bonchev–Trinajstić information content (AvgIpc) is 2.81. The van der Waals surface area contributed by atoms with Crippen LogP contribution < -0.4 is 10.6 Å². The molecule has 0 unspecified atom stereocenters. The van der Waals surface area contributed by atoms with Gasteiger partial charge in [0, 0.05) is 42.4 Å². The molecule has 0 spiro atoms. The number of hydrogen-bond acceptors (Lipinski definition) is 6. The predicted octanol–water partition coefficient (Wildman–Crippen LogP) is 3.81. The minimum Gasteiger partial charge on any atom is -0.368 e. The standard InChI is InChI=1S/C27H31FN6O/c1-17-12-27(13-17,25-18(2)5-4-10-29-25)16-30-24-9-8-23(32-33-24)21-11-19(6-7-22(21)28)26(35)31-20-14-34(3)15-20/h4-11,17,20H,12-16H2,1-3H3,(H,30,33)(H,31,35). The highest BCUT2D eigenvalue weighted by molar-refractivity contribution is 5.95. The molecule has 1 amide bonds. The van der Waals surface area contributed by atoms with E-state index in [-0.39, 0.29) is 22.9 Å². The number of hydrogen-bond donors (Lipinski definition) is 2. The molecular formula is C27H31FN6O. The van der Waals surface area contributed by atoms with E-state index in [1.807, 2.05) is 19.3 Å². The van der Waals surface area contributed by atoms with E-state index >= 15 is 0 Å². The van der Waals surface area contributed by atoms with E-state index < -0.39 is 5.82 Å². The van der Waals surface area contributed by atoms with Crippen molar-refractivity contribution in [3.63, 3.8) is 0 Å². The number of benzene rings is 1. The maximum Gasteiger partial charge on any atom is 0.251 e. The number of likely N-dealkylation sites (N-methyl/N-ethyl adjacent to an activating group) is 1. The van der Waals surface area contributed by atoms with Crippen LogP contribution in [0.4, 0.5) is 10.2 Å². The molecule has 0 bridgehead atoms. The molecule has 1 saturated heterocycles. The van der Waals surface area contributed by atoms with Gasteiger partial charge in [-0.15, -0.1) is 10.2 Å². The van der Waals surface area contributed by atoms with E-state index in [2.05, 4.69) is 50.6 Å². The van der Waals surface area contributed by atoms with Gasteiger partial charge in [0.25, 0.3) is 5.91 Å². The molecule has 3 heterocycles. The van der Waals surface area contributed by atoms with Crippen molar-refractivity contribution in [2.75, 3.05) is 32.0 Å². The van der Waals surface area contributed by atoms with Gasteiger partial charge in [0.05, 0.1) is 17.4 Å². The number of amides is 1. The first kappa shape index (κ1) is 23.4. The zero-order valence-corrected chi connectivity index (χ0v) is 20.4. The molecule has 7 nitrogen and oxygen atoms in total. The van der Waals surface area contributed by atoms with Crippen molar-refractivity contribution in [2.45, 2.75) is 38.1 Å². The first-order valence-corrected chi connectivity index (χ1v) is 12.1. The highest BCUT2D eigenvalue weighted by atomic mass is 19.1. The molecule has 5 rings (SSSR count). The van der Waals surface area contributed by atoms with Crippen LogP contribution in [0.1, 0.15) is 41.4 Å². The predicted molar refractivity (Wildman–Crippen MR) is 134 cm³/mol. The Labute approximate surface area is 205 Å². The topological polar surface area (TPSA) is 83.0 Å². The number of carbonyl (C=O) groups excluding carboxylic acids is 1. The van der Waals surface area contributed by atoms with E-state index in [0.717, 1.165) is 31.6 Å². The van der Waals surface area contributed by atoms with E-state index in [4.69, 9.17) is 0 Å². The van der Waals surface area contributed by atoms with Crippen LogP contribution in [0.3, 0.4) is 0 Å². The molecule has 2 aromatic heterocycles. The summed E-state index contributed by atoms with van der Waals surface area (Å²) >= 11 is 0. The minimum absolute atomic E-state index is 0.0197. The molecule has 1 aromatic carbocycles. The maximum absolute atomic E-state index is 14.6. The Morgan fingerprint density at radius 1 is 1.17 bits per heavy atom. The lowest BCUT2D eigenvalue weighted by molar-refractivity contribution is 0.0857. The van der Waals surface area contributed by atoms with Gasteiger partial charge in [-0.2, -0.15) is 0 Å². The largest absolute Gasteiger partial charge is 0.368 e. The van der Waals surface area contributed by atoms with Crippen LogP contribution in [-0.4, -0.2) is 58.7 Å². The highest BCUT2D eigenvalue weighted by Gasteiger charge is 2.45. The molecule has 2 fully saturated rings. The van der Waals surface area contributed by atoms with Crippen molar-refractivity contribution < 1.29 is 9.18 Å². The normalized spacial score (nSPS) is 22.2. The molecule has 8 heteroatoms. The third kappa shape index (κ3) is 4.75. The van der Waals surface area contributed by atoms with Crippen LogP contribution in [0.15, 0.2) is 48.7 Å². The van der Waals surface area contributed by atoms with Gasteiger partial charge in [0.15, 0.2) is 0 Å². The Morgan fingerprint density at radius 2 is 1.97 bits per heavy atom. The number of carbonyl (C=O) groups is 1. The molecule has 1 saturated carbocycles. The van der Waals surface area contributed by atoms with Crippen LogP contribution in [0, 0.1) is 18.7 Å². The smallest absolute Gasteiger partial charge is 0.251 e. The van der Waals surface area contributed by atoms with Gasteiger partial charge >= 0.3 is 0 Å². The molecule has 0 radical (unpaired) electrons. The molecule has 2 aliphatic rings. The highest BCUT2D eigenvalue weighted by Crippen LogP contribution is 2.47. The van der Waals surface area contributed by atoms with Crippen molar-refractivity contribution in [2.24, 2.45) is 5.92 Å². The van der Waals surface area contributed by atoms with Crippen LogP contribution in [0.2, 0.25) is 0 Å². The van der Waals surface area contributed by atoms with E-state index in [0.29, 0.717) is 29.5 Å². The molecule has 35 heavy (non-hydrogen) atoms. The molecular weight excluding hydrogens is 443 g/mol. The van der Waals surface area contributed by atoms with Crippen molar-refractivity contribution >= 4 is 11.7 Å². The molecule has 182 valence electrons. The number of likely N-dealkylation sites (tertiary alicyclic amines) is 1. The number of nitrogens with one attached hydrogen (secondary N) is 2. The van der Waals surface area contributed by atoms with E-state index in [1.54, 1.807) is 18.2 Å². The number of nitrogens with zero attached hydrogens (tertiary/aromatic N) is 4. The first-order valence-electron chi connectivity index (χ1n) is 12.1. The number of aryl methyl sites for hydroxylation is 1. The summed E-state index contributed by atoms with van der Waals surface area (Å²) in [5, 5.41) is 14.9. The fraction of sp³-hybridized carbons (Fsp3) is 0.407. The molecule has 2 N–H and O–H groups in total. The molecule has 1 aliphatic carbocycles. The SMILES string of the molecule is Cc1cccnc1C1(CNc2ccc(-c3cc(C(=O)NC4CN(C)C4)ccc3F)nn2)CC(C)C1. The first-order chi connectivity index (χ1) is 16.8. The van der Waals surface area contributed by atoms with Gasteiger partial charge in [-0.05, 0) is 74.7 Å². The van der Waals surface area contributed by atoms with E-state index in [9.17, 15) is 9.18 Å².